The first-order chi connectivity index (χ1) is 7.09. The zero-order chi connectivity index (χ0) is 11.0. The fourth-order valence-electron chi connectivity index (χ4n) is 1.25. The molecule has 0 saturated heterocycles. The fraction of sp³-hybridized carbons (Fsp3) is 0.111. The largest absolute Gasteiger partial charge is 0.478 e. The Balaban J connectivity index is 2.66. The Kier molecular flexibility index (Phi) is 2.36. The molecule has 0 amide bonds. The summed E-state index contributed by atoms with van der Waals surface area (Å²) in [6, 6.07) is 4.00. The average molecular weight is 229 g/mol. The molecule has 0 aliphatic carbocycles. The number of aromatic nitrogens is 1. The molecule has 0 unspecified atom stereocenters. The first kappa shape index (κ1) is 9.97. The quantitative estimate of drug-likeness (QED) is 0.861. The summed E-state index contributed by atoms with van der Waals surface area (Å²) in [5, 5.41) is 8.92. The molecule has 6 heteroatoms. The molecular formula is C9H5F2NO2S. The van der Waals surface area contributed by atoms with Crippen LogP contribution in [0.15, 0.2) is 18.2 Å². The number of alkyl halides is 2. The maximum atomic E-state index is 12.5. The Bertz CT molecular complexity index is 524. The van der Waals surface area contributed by atoms with Crippen LogP contribution in [0.3, 0.4) is 0 Å². The monoisotopic (exact) mass is 229 g/mol. The minimum absolute atomic E-state index is 0.00963. The minimum atomic E-state index is -2.62. The number of halogens is 2. The Labute approximate surface area is 87.1 Å². The molecule has 15 heavy (non-hydrogen) atoms. The van der Waals surface area contributed by atoms with Crippen LogP contribution in [0.2, 0.25) is 0 Å². The number of carboxylic acids is 1. The molecular weight excluding hydrogens is 224 g/mol. The number of aromatic carboxylic acids is 1. The van der Waals surface area contributed by atoms with Crippen LogP contribution in [-0.4, -0.2) is 15.4 Å². The highest BCUT2D eigenvalue weighted by Gasteiger charge is 2.16. The van der Waals surface area contributed by atoms with E-state index in [0.29, 0.717) is 17.0 Å². The van der Waals surface area contributed by atoms with E-state index in [1.807, 2.05) is 0 Å². The average Bonchev–Trinajstić information content (AvgIpc) is 2.59. The van der Waals surface area contributed by atoms with E-state index in [0.717, 1.165) is 0 Å². The van der Waals surface area contributed by atoms with Gasteiger partial charge in [0.1, 0.15) is 0 Å². The molecule has 0 atom stereocenters. The third kappa shape index (κ3) is 1.68. The van der Waals surface area contributed by atoms with Gasteiger partial charge in [-0.05, 0) is 29.7 Å². The smallest absolute Gasteiger partial charge is 0.335 e. The number of benzene rings is 1. The molecule has 1 aromatic heterocycles. The lowest BCUT2D eigenvalue weighted by molar-refractivity contribution is 0.0697. The van der Waals surface area contributed by atoms with E-state index in [1.165, 1.54) is 18.2 Å². The number of rotatable bonds is 2. The summed E-state index contributed by atoms with van der Waals surface area (Å²) in [5.74, 6) is -1.14. The molecule has 0 aliphatic heterocycles. The van der Waals surface area contributed by atoms with Crippen LogP contribution in [0.5, 0.6) is 0 Å². The molecule has 0 saturated carbocycles. The molecule has 2 aromatic rings. The van der Waals surface area contributed by atoms with Crippen molar-refractivity contribution in [2.24, 2.45) is 0 Å². The SMILES string of the molecule is O=C(O)c1ccc2nsc(C(F)F)c2c1. The second kappa shape index (κ2) is 3.54. The molecule has 1 heterocycles. The van der Waals surface area contributed by atoms with Gasteiger partial charge in [0.05, 0.1) is 16.0 Å². The summed E-state index contributed by atoms with van der Waals surface area (Å²) in [5.41, 5.74) is 0.393. The van der Waals surface area contributed by atoms with Gasteiger partial charge in [0, 0.05) is 5.39 Å². The van der Waals surface area contributed by atoms with Crippen molar-refractivity contribution in [3.8, 4) is 0 Å². The van der Waals surface area contributed by atoms with E-state index in [-0.39, 0.29) is 15.8 Å². The zero-order valence-electron chi connectivity index (χ0n) is 7.28. The second-order valence-electron chi connectivity index (χ2n) is 2.88. The maximum absolute atomic E-state index is 12.5. The lowest BCUT2D eigenvalue weighted by Gasteiger charge is -1.96. The van der Waals surface area contributed by atoms with Crippen LogP contribution in [0, 0.1) is 0 Å². The van der Waals surface area contributed by atoms with Gasteiger partial charge in [0.25, 0.3) is 6.43 Å². The lowest BCUT2D eigenvalue weighted by atomic mass is 10.1. The Hall–Kier alpha value is -1.56. The van der Waals surface area contributed by atoms with Crippen molar-refractivity contribution in [3.05, 3.63) is 28.6 Å². The first-order valence-electron chi connectivity index (χ1n) is 4.00. The van der Waals surface area contributed by atoms with Crippen molar-refractivity contribution in [2.75, 3.05) is 0 Å². The molecule has 0 bridgehead atoms. The van der Waals surface area contributed by atoms with Gasteiger partial charge >= 0.3 is 5.97 Å². The highest BCUT2D eigenvalue weighted by molar-refractivity contribution is 7.07. The molecule has 0 aliphatic rings. The predicted molar refractivity (Wildman–Crippen MR) is 51.5 cm³/mol. The van der Waals surface area contributed by atoms with Crippen molar-refractivity contribution >= 4 is 28.4 Å². The summed E-state index contributed by atoms with van der Waals surface area (Å²) >= 11 is 0.698. The van der Waals surface area contributed by atoms with Crippen molar-refractivity contribution in [1.29, 1.82) is 0 Å². The summed E-state index contributed by atoms with van der Waals surface area (Å²) in [6.45, 7) is 0. The predicted octanol–water partition coefficient (Wildman–Crippen LogP) is 2.93. The molecule has 2 rings (SSSR count). The number of carbonyl (C=O) groups is 1. The standard InChI is InChI=1S/C9H5F2NO2S/c10-8(11)7-5-3-4(9(13)14)1-2-6(5)12-15-7/h1-3,8H,(H,13,14). The van der Waals surface area contributed by atoms with Crippen LogP contribution < -0.4 is 0 Å². The summed E-state index contributed by atoms with van der Waals surface area (Å²) < 4.78 is 28.8. The van der Waals surface area contributed by atoms with Gasteiger partial charge in [0.15, 0.2) is 0 Å². The molecule has 0 radical (unpaired) electrons. The molecule has 3 nitrogen and oxygen atoms in total. The van der Waals surface area contributed by atoms with E-state index >= 15 is 0 Å². The van der Waals surface area contributed by atoms with E-state index < -0.39 is 12.4 Å². The normalized spacial score (nSPS) is 11.1. The molecule has 0 fully saturated rings. The van der Waals surface area contributed by atoms with Crippen molar-refractivity contribution in [3.63, 3.8) is 0 Å². The number of hydrogen-bond acceptors (Lipinski definition) is 3. The van der Waals surface area contributed by atoms with Gasteiger partial charge in [-0.3, -0.25) is 0 Å². The minimum Gasteiger partial charge on any atom is -0.478 e. The second-order valence-corrected chi connectivity index (χ2v) is 3.69. The third-order valence-electron chi connectivity index (χ3n) is 1.95. The van der Waals surface area contributed by atoms with Gasteiger partial charge in [-0.2, -0.15) is 4.37 Å². The van der Waals surface area contributed by atoms with Crippen molar-refractivity contribution in [2.45, 2.75) is 6.43 Å². The maximum Gasteiger partial charge on any atom is 0.335 e. The third-order valence-corrected chi connectivity index (χ3v) is 2.83. The zero-order valence-corrected chi connectivity index (χ0v) is 8.09. The van der Waals surface area contributed by atoms with Crippen LogP contribution in [0.25, 0.3) is 10.9 Å². The van der Waals surface area contributed by atoms with Gasteiger partial charge in [-0.15, -0.1) is 0 Å². The van der Waals surface area contributed by atoms with E-state index in [9.17, 15) is 13.6 Å². The van der Waals surface area contributed by atoms with Crippen LogP contribution in [-0.2, 0) is 0 Å². The van der Waals surface area contributed by atoms with E-state index in [2.05, 4.69) is 4.37 Å². The Morgan fingerprint density at radius 1 is 1.47 bits per heavy atom. The molecule has 1 N–H and O–H groups in total. The van der Waals surface area contributed by atoms with E-state index in [1.54, 1.807) is 0 Å². The van der Waals surface area contributed by atoms with Gasteiger partial charge in [-0.1, -0.05) is 0 Å². The van der Waals surface area contributed by atoms with Gasteiger partial charge < -0.3 is 5.11 Å². The van der Waals surface area contributed by atoms with Crippen LogP contribution in [0.4, 0.5) is 8.78 Å². The van der Waals surface area contributed by atoms with E-state index in [4.69, 9.17) is 5.11 Å². The molecule has 78 valence electrons. The van der Waals surface area contributed by atoms with Crippen molar-refractivity contribution < 1.29 is 18.7 Å². The fourth-order valence-corrected chi connectivity index (χ4v) is 1.95. The van der Waals surface area contributed by atoms with Crippen molar-refractivity contribution in [1.82, 2.24) is 4.37 Å². The lowest BCUT2D eigenvalue weighted by Crippen LogP contribution is -1.95. The first-order valence-corrected chi connectivity index (χ1v) is 4.77. The summed E-state index contributed by atoms with van der Waals surface area (Å²) in [6.07, 6.45) is -2.62. The highest BCUT2D eigenvalue weighted by atomic mass is 32.1. The Morgan fingerprint density at radius 3 is 2.80 bits per heavy atom. The number of hydrogen-bond donors (Lipinski definition) is 1. The number of nitrogens with zero attached hydrogens (tertiary/aromatic N) is 1. The van der Waals surface area contributed by atoms with Crippen LogP contribution in [0.1, 0.15) is 21.7 Å². The molecule has 0 spiro atoms. The summed E-state index contributed by atoms with van der Waals surface area (Å²) in [4.78, 5) is 10.5. The number of fused-ring (bicyclic) bond motifs is 1. The van der Waals surface area contributed by atoms with Gasteiger partial charge in [0.2, 0.25) is 0 Å². The summed E-state index contributed by atoms with van der Waals surface area (Å²) in [7, 11) is 0. The number of carboxylic acid groups (broad SMARTS) is 1. The highest BCUT2D eigenvalue weighted by Crippen LogP contribution is 2.31. The van der Waals surface area contributed by atoms with Gasteiger partial charge in [-0.25, -0.2) is 13.6 Å². The molecule has 1 aromatic carbocycles. The van der Waals surface area contributed by atoms with Crippen LogP contribution >= 0.6 is 11.5 Å². The topological polar surface area (TPSA) is 50.2 Å². The Morgan fingerprint density at radius 2 is 2.20 bits per heavy atom.